The van der Waals surface area contributed by atoms with E-state index in [1.165, 1.54) is 32.7 Å². The monoisotopic (exact) mass is 834 g/mol. The number of para-hydroxylation sites is 4. The van der Waals surface area contributed by atoms with E-state index in [1.54, 1.807) is 0 Å². The molecule has 0 fully saturated rings. The third kappa shape index (κ3) is 6.47. The first-order chi connectivity index (χ1) is 32.1. The van der Waals surface area contributed by atoms with Crippen LogP contribution in [0.15, 0.2) is 213 Å². The Bertz CT molecular complexity index is 3630. The van der Waals surface area contributed by atoms with Crippen LogP contribution in [-0.4, -0.2) is 14.5 Å². The number of anilines is 3. The average Bonchev–Trinajstić information content (AvgIpc) is 3.52. The van der Waals surface area contributed by atoms with Crippen molar-refractivity contribution >= 4 is 66.9 Å². The largest absolute Gasteiger partial charge is 0.453 e. The lowest BCUT2D eigenvalue weighted by Crippen LogP contribution is -2.15. The maximum absolute atomic E-state index is 6.58. The fourth-order valence-corrected chi connectivity index (χ4v) is 9.69. The third-order valence-corrected chi connectivity index (χ3v) is 12.8. The zero-order valence-corrected chi connectivity index (χ0v) is 35.8. The molecule has 5 heteroatoms. The molecular weight excluding hydrogens is 793 g/mol. The maximum atomic E-state index is 6.58. The minimum atomic E-state index is 0.649. The van der Waals surface area contributed by atoms with Gasteiger partial charge in [-0.25, -0.2) is 9.97 Å². The smallest absolute Gasteiger partial charge is 0.160 e. The van der Waals surface area contributed by atoms with Crippen LogP contribution in [0.3, 0.4) is 0 Å². The second-order valence-corrected chi connectivity index (χ2v) is 16.6. The Morgan fingerprint density at radius 2 is 1.34 bits per heavy atom. The van der Waals surface area contributed by atoms with Crippen molar-refractivity contribution < 1.29 is 4.74 Å². The van der Waals surface area contributed by atoms with Crippen molar-refractivity contribution in [2.75, 3.05) is 4.90 Å². The predicted octanol–water partition coefficient (Wildman–Crippen LogP) is 16.0. The van der Waals surface area contributed by atoms with Crippen LogP contribution in [0.4, 0.5) is 17.1 Å². The van der Waals surface area contributed by atoms with Gasteiger partial charge in [-0.05, 0) is 101 Å². The molecule has 5 nitrogen and oxygen atoms in total. The molecule has 12 rings (SSSR count). The number of nitrogens with zero attached hydrogens (tertiary/aromatic N) is 4. The summed E-state index contributed by atoms with van der Waals surface area (Å²) in [6, 6.07) is 64.4. The zero-order chi connectivity index (χ0) is 43.4. The van der Waals surface area contributed by atoms with Gasteiger partial charge in [-0.15, -0.1) is 0 Å². The van der Waals surface area contributed by atoms with E-state index in [0.717, 1.165) is 90.9 Å². The standard InChI is InChI=1S/C60H42N4O/c1-3-51-39(2)58(43-21-14-20-41(31-32-43)40-17-6-4-7-18-40)62-60(61-51)45-22-15-25-47(37-45)64-53-35-33-42-19-10-11-26-48(42)57(53)50-28-16-27-49(59(50)64)44-34-36-56-54(38-44)63(46-23-8-5-9-24-46)52-29-12-13-30-55(52)65-56/h3-19,21-38H,1,20H2,2H3. The predicted molar refractivity (Wildman–Crippen MR) is 270 cm³/mol. The van der Waals surface area contributed by atoms with E-state index >= 15 is 0 Å². The molecule has 0 unspecified atom stereocenters. The van der Waals surface area contributed by atoms with Crippen LogP contribution in [0.5, 0.6) is 11.5 Å². The van der Waals surface area contributed by atoms with Gasteiger partial charge in [-0.3, -0.25) is 0 Å². The highest BCUT2D eigenvalue weighted by molar-refractivity contribution is 6.23. The summed E-state index contributed by atoms with van der Waals surface area (Å²) < 4.78 is 9.00. The van der Waals surface area contributed by atoms with Crippen LogP contribution in [0.2, 0.25) is 0 Å². The molecule has 0 N–H and O–H groups in total. The van der Waals surface area contributed by atoms with Crippen molar-refractivity contribution in [3.8, 4) is 39.7 Å². The summed E-state index contributed by atoms with van der Waals surface area (Å²) in [5, 5.41) is 4.80. The average molecular weight is 835 g/mol. The lowest BCUT2D eigenvalue weighted by Gasteiger charge is -2.33. The Balaban J connectivity index is 1.05. The van der Waals surface area contributed by atoms with Gasteiger partial charge in [-0.2, -0.15) is 0 Å². The van der Waals surface area contributed by atoms with Crippen LogP contribution in [0, 0.1) is 6.92 Å². The number of fused-ring (bicyclic) bond motifs is 7. The second-order valence-electron chi connectivity index (χ2n) is 16.6. The van der Waals surface area contributed by atoms with Gasteiger partial charge in [0.1, 0.15) is 0 Å². The van der Waals surface area contributed by atoms with E-state index in [0.29, 0.717) is 5.82 Å². The molecule has 2 aliphatic rings. The lowest BCUT2D eigenvalue weighted by atomic mass is 9.98. The molecule has 0 bridgehead atoms. The van der Waals surface area contributed by atoms with Crippen LogP contribution in [0.25, 0.3) is 78.0 Å². The number of benzene rings is 8. The first kappa shape index (κ1) is 38.2. The first-order valence-corrected chi connectivity index (χ1v) is 22.1. The van der Waals surface area contributed by atoms with Crippen molar-refractivity contribution in [1.82, 2.24) is 14.5 Å². The molecule has 8 aromatic carbocycles. The van der Waals surface area contributed by atoms with E-state index in [1.807, 2.05) is 18.2 Å². The molecule has 0 saturated carbocycles. The molecule has 0 saturated heterocycles. The number of rotatable bonds is 7. The Labute approximate surface area is 377 Å². The molecule has 1 aliphatic heterocycles. The van der Waals surface area contributed by atoms with Crippen LogP contribution in [-0.2, 0) is 0 Å². The third-order valence-electron chi connectivity index (χ3n) is 12.8. The van der Waals surface area contributed by atoms with E-state index in [-0.39, 0.29) is 0 Å². The molecular formula is C60H42N4O. The minimum Gasteiger partial charge on any atom is -0.453 e. The SMILES string of the molecule is C=Cc1nc(-c2cccc(-n3c4ccc5ccccc5c4c4cccc(-c5ccc6c(c5)N(c5ccccc5)c5ccccc5O6)c43)c2)nc(C2=CC=C(c3ccccc3)CC=C2)c1C. The fraction of sp³-hybridized carbons (Fsp3) is 0.0333. The van der Waals surface area contributed by atoms with Gasteiger partial charge < -0.3 is 14.2 Å². The normalized spacial score (nSPS) is 13.2. The van der Waals surface area contributed by atoms with Gasteiger partial charge in [0, 0.05) is 44.4 Å². The summed E-state index contributed by atoms with van der Waals surface area (Å²) in [5.74, 6) is 2.28. The Morgan fingerprint density at radius 1 is 0.600 bits per heavy atom. The summed E-state index contributed by atoms with van der Waals surface area (Å²) in [5.41, 5.74) is 15.7. The Kier molecular flexibility index (Phi) is 9.20. The molecule has 0 amide bonds. The zero-order valence-electron chi connectivity index (χ0n) is 35.8. The topological polar surface area (TPSA) is 43.2 Å². The molecule has 2 aromatic heterocycles. The molecule has 0 spiro atoms. The summed E-state index contributed by atoms with van der Waals surface area (Å²) in [7, 11) is 0. The van der Waals surface area contributed by atoms with E-state index < -0.39 is 0 Å². The summed E-state index contributed by atoms with van der Waals surface area (Å²) >= 11 is 0. The van der Waals surface area contributed by atoms with E-state index in [4.69, 9.17) is 14.7 Å². The minimum absolute atomic E-state index is 0.649. The quantitative estimate of drug-likeness (QED) is 0.160. The van der Waals surface area contributed by atoms with Gasteiger partial charge in [-0.1, -0.05) is 158 Å². The van der Waals surface area contributed by atoms with Crippen LogP contribution in [0.1, 0.15) is 28.9 Å². The summed E-state index contributed by atoms with van der Waals surface area (Å²) in [6.45, 7) is 6.26. The van der Waals surface area contributed by atoms with Gasteiger partial charge in [0.25, 0.3) is 0 Å². The Morgan fingerprint density at radius 3 is 2.22 bits per heavy atom. The number of ether oxygens (including phenoxy) is 1. The molecule has 10 aromatic rings. The van der Waals surface area contributed by atoms with Gasteiger partial charge in [0.2, 0.25) is 0 Å². The molecule has 0 radical (unpaired) electrons. The Hall–Kier alpha value is -8.54. The van der Waals surface area contributed by atoms with Crippen LogP contribution < -0.4 is 9.64 Å². The fourth-order valence-electron chi connectivity index (χ4n) is 9.69. The van der Waals surface area contributed by atoms with Crippen molar-refractivity contribution in [2.24, 2.45) is 0 Å². The first-order valence-electron chi connectivity index (χ1n) is 22.1. The van der Waals surface area contributed by atoms with Crippen molar-refractivity contribution in [3.05, 3.63) is 235 Å². The summed E-state index contributed by atoms with van der Waals surface area (Å²) in [6.07, 6.45) is 11.5. The van der Waals surface area contributed by atoms with E-state index in [9.17, 15) is 0 Å². The highest BCUT2D eigenvalue weighted by Gasteiger charge is 2.27. The van der Waals surface area contributed by atoms with Gasteiger partial charge in [0.15, 0.2) is 17.3 Å². The maximum Gasteiger partial charge on any atom is 0.160 e. The molecule has 3 heterocycles. The van der Waals surface area contributed by atoms with E-state index in [2.05, 4.69) is 217 Å². The summed E-state index contributed by atoms with van der Waals surface area (Å²) in [4.78, 5) is 12.7. The highest BCUT2D eigenvalue weighted by Crippen LogP contribution is 2.52. The number of hydrogen-bond acceptors (Lipinski definition) is 4. The highest BCUT2D eigenvalue weighted by atomic mass is 16.5. The molecule has 1 aliphatic carbocycles. The second kappa shape index (κ2) is 15.7. The molecule has 308 valence electrons. The van der Waals surface area contributed by atoms with Crippen molar-refractivity contribution in [1.29, 1.82) is 0 Å². The number of allylic oxidation sites excluding steroid dienone is 6. The van der Waals surface area contributed by atoms with Crippen molar-refractivity contribution in [2.45, 2.75) is 13.3 Å². The molecule has 0 atom stereocenters. The van der Waals surface area contributed by atoms with Crippen molar-refractivity contribution in [3.63, 3.8) is 0 Å². The number of aromatic nitrogens is 3. The lowest BCUT2D eigenvalue weighted by molar-refractivity contribution is 0.477. The van der Waals surface area contributed by atoms with Gasteiger partial charge in [0.05, 0.1) is 33.8 Å². The van der Waals surface area contributed by atoms with Gasteiger partial charge >= 0.3 is 0 Å². The van der Waals surface area contributed by atoms with Crippen LogP contribution >= 0.6 is 0 Å². The molecule has 65 heavy (non-hydrogen) atoms. The number of hydrogen-bond donors (Lipinski definition) is 0.